The lowest BCUT2D eigenvalue weighted by atomic mass is 10.0. The second kappa shape index (κ2) is 8.66. The van der Waals surface area contributed by atoms with E-state index in [-0.39, 0.29) is 18.0 Å². The van der Waals surface area contributed by atoms with Crippen molar-refractivity contribution in [1.29, 1.82) is 0 Å². The van der Waals surface area contributed by atoms with Crippen molar-refractivity contribution < 1.29 is 14.0 Å². The number of amides is 2. The molecule has 0 aromatic heterocycles. The highest BCUT2D eigenvalue weighted by molar-refractivity contribution is 6.01. The zero-order chi connectivity index (χ0) is 19.2. The Kier molecular flexibility index (Phi) is 6.06. The van der Waals surface area contributed by atoms with Crippen LogP contribution in [0.4, 0.5) is 9.18 Å². The molecule has 1 atom stereocenters. The van der Waals surface area contributed by atoms with Gasteiger partial charge in [-0.2, -0.15) is 0 Å². The first kappa shape index (κ1) is 18.9. The van der Waals surface area contributed by atoms with Crippen LogP contribution in [0.3, 0.4) is 0 Å². The van der Waals surface area contributed by atoms with Gasteiger partial charge in [0.15, 0.2) is 6.10 Å². The van der Waals surface area contributed by atoms with Gasteiger partial charge in [0.25, 0.3) is 0 Å². The summed E-state index contributed by atoms with van der Waals surface area (Å²) >= 11 is 0. The van der Waals surface area contributed by atoms with Gasteiger partial charge >= 0.3 is 6.03 Å². The number of urea groups is 1. The minimum absolute atomic E-state index is 0.172. The van der Waals surface area contributed by atoms with E-state index in [0.717, 1.165) is 16.8 Å². The topological polar surface area (TPSA) is 53.9 Å². The Hall–Kier alpha value is -2.89. The van der Waals surface area contributed by atoms with Gasteiger partial charge in [0.05, 0.1) is 12.3 Å². The molecule has 0 saturated carbocycles. The number of nitrogens with one attached hydrogen (secondary N) is 1. The number of rotatable bonds is 6. The van der Waals surface area contributed by atoms with Crippen LogP contribution in [-0.4, -0.2) is 35.8 Å². The number of carbonyl (C=O) groups excluding carboxylic acids is 1. The van der Waals surface area contributed by atoms with E-state index >= 15 is 0 Å². The molecular weight excluding hydrogens is 345 g/mol. The van der Waals surface area contributed by atoms with Gasteiger partial charge in [-0.25, -0.2) is 9.18 Å². The predicted octanol–water partition coefficient (Wildman–Crippen LogP) is 3.86. The third kappa shape index (κ3) is 5.06. The summed E-state index contributed by atoms with van der Waals surface area (Å²) < 4.78 is 13.1. The normalized spacial score (nSPS) is 15.8. The first-order valence-corrected chi connectivity index (χ1v) is 9.12. The largest absolute Gasteiger partial charge is 0.390 e. The summed E-state index contributed by atoms with van der Waals surface area (Å²) in [5, 5.41) is 7.02. The number of oxime groups is 1. The molecule has 2 aromatic rings. The van der Waals surface area contributed by atoms with Crippen molar-refractivity contribution in [1.82, 2.24) is 10.2 Å². The molecule has 2 amide bonds. The van der Waals surface area contributed by atoms with Crippen LogP contribution in [0.25, 0.3) is 0 Å². The number of benzene rings is 2. The Morgan fingerprint density at radius 2 is 1.93 bits per heavy atom. The number of carbonyl (C=O) groups is 1. The lowest BCUT2D eigenvalue weighted by molar-refractivity contribution is 0.0590. The van der Waals surface area contributed by atoms with Crippen LogP contribution in [0.1, 0.15) is 30.0 Å². The Morgan fingerprint density at radius 3 is 2.59 bits per heavy atom. The predicted molar refractivity (Wildman–Crippen MR) is 103 cm³/mol. The van der Waals surface area contributed by atoms with Gasteiger partial charge in [-0.3, -0.25) is 0 Å². The van der Waals surface area contributed by atoms with Crippen molar-refractivity contribution in [3.05, 3.63) is 71.0 Å². The van der Waals surface area contributed by atoms with E-state index in [1.54, 1.807) is 17.0 Å². The van der Waals surface area contributed by atoms with Crippen LogP contribution < -0.4 is 5.32 Å². The fourth-order valence-electron chi connectivity index (χ4n) is 2.98. The molecule has 6 heteroatoms. The lowest BCUT2D eigenvalue weighted by Gasteiger charge is -2.25. The molecule has 1 N–H and O–H groups in total. The van der Waals surface area contributed by atoms with Crippen molar-refractivity contribution in [3.63, 3.8) is 0 Å². The summed E-state index contributed by atoms with van der Waals surface area (Å²) in [4.78, 5) is 19.7. The maximum Gasteiger partial charge on any atom is 0.317 e. The van der Waals surface area contributed by atoms with E-state index in [1.807, 2.05) is 38.1 Å². The molecule has 2 aromatic carbocycles. The summed E-state index contributed by atoms with van der Waals surface area (Å²) in [6.07, 6.45) is 0.437. The Bertz CT molecular complexity index is 803. The maximum absolute atomic E-state index is 13.1. The van der Waals surface area contributed by atoms with Gasteiger partial charge in [-0.1, -0.05) is 47.1 Å². The van der Waals surface area contributed by atoms with Gasteiger partial charge in [0.1, 0.15) is 5.82 Å². The third-order valence-corrected chi connectivity index (χ3v) is 4.44. The minimum Gasteiger partial charge on any atom is -0.390 e. The van der Waals surface area contributed by atoms with Crippen molar-refractivity contribution in [2.24, 2.45) is 5.16 Å². The van der Waals surface area contributed by atoms with Gasteiger partial charge in [-0.05, 0) is 37.1 Å². The smallest absolute Gasteiger partial charge is 0.317 e. The minimum atomic E-state index is -0.293. The van der Waals surface area contributed by atoms with E-state index in [1.165, 1.54) is 17.7 Å². The molecule has 0 bridgehead atoms. The average molecular weight is 369 g/mol. The number of nitrogens with zero attached hydrogens (tertiary/aromatic N) is 2. The van der Waals surface area contributed by atoms with Gasteiger partial charge in [-0.15, -0.1) is 0 Å². The highest BCUT2D eigenvalue weighted by Crippen LogP contribution is 2.19. The van der Waals surface area contributed by atoms with Crippen molar-refractivity contribution in [3.8, 4) is 0 Å². The van der Waals surface area contributed by atoms with E-state index in [9.17, 15) is 9.18 Å². The molecule has 0 spiro atoms. The molecule has 3 rings (SSSR count). The monoisotopic (exact) mass is 369 g/mol. The van der Waals surface area contributed by atoms with Crippen molar-refractivity contribution >= 4 is 11.7 Å². The molecule has 0 fully saturated rings. The van der Waals surface area contributed by atoms with E-state index < -0.39 is 0 Å². The Labute approximate surface area is 158 Å². The van der Waals surface area contributed by atoms with Crippen LogP contribution in [0.2, 0.25) is 0 Å². The van der Waals surface area contributed by atoms with Crippen molar-refractivity contribution in [2.75, 3.05) is 13.1 Å². The first-order chi connectivity index (χ1) is 13.0. The summed E-state index contributed by atoms with van der Waals surface area (Å²) in [6, 6.07) is 14.1. The molecule has 0 saturated heterocycles. The number of hydrogen-bond donors (Lipinski definition) is 1. The summed E-state index contributed by atoms with van der Waals surface area (Å²) in [5.74, 6) is -0.293. The van der Waals surface area contributed by atoms with Crippen LogP contribution >= 0.6 is 0 Å². The fraction of sp³-hybridized carbons (Fsp3) is 0.333. The standard InChI is InChI=1S/C21H24FN3O2/c1-3-23-21(26)25(13-16-6-10-18(22)11-7-16)14-19-12-20(24-27-19)17-8-4-15(2)5-9-17/h4-11,19H,3,12-14H2,1-2H3,(H,23,26). The molecule has 5 nitrogen and oxygen atoms in total. The second-order valence-electron chi connectivity index (χ2n) is 6.68. The molecular formula is C21H24FN3O2. The first-order valence-electron chi connectivity index (χ1n) is 9.12. The van der Waals surface area contributed by atoms with E-state index in [4.69, 9.17) is 4.84 Å². The molecule has 27 heavy (non-hydrogen) atoms. The molecule has 0 radical (unpaired) electrons. The highest BCUT2D eigenvalue weighted by atomic mass is 19.1. The van der Waals surface area contributed by atoms with Gasteiger partial charge in [0, 0.05) is 19.5 Å². The summed E-state index contributed by atoms with van der Waals surface area (Å²) in [6.45, 7) is 5.24. The molecule has 1 heterocycles. The number of halogens is 1. The number of hydrogen-bond acceptors (Lipinski definition) is 3. The Morgan fingerprint density at radius 1 is 1.22 bits per heavy atom. The molecule has 1 aliphatic heterocycles. The SMILES string of the molecule is CCNC(=O)N(Cc1ccc(F)cc1)CC1CC(c2ccc(C)cc2)=NO1. The maximum atomic E-state index is 13.1. The zero-order valence-electron chi connectivity index (χ0n) is 15.6. The van der Waals surface area contributed by atoms with E-state index in [0.29, 0.717) is 26.1 Å². The number of aryl methyl sites for hydroxylation is 1. The highest BCUT2D eigenvalue weighted by Gasteiger charge is 2.26. The van der Waals surface area contributed by atoms with E-state index in [2.05, 4.69) is 10.5 Å². The summed E-state index contributed by atoms with van der Waals surface area (Å²) in [7, 11) is 0. The molecule has 1 unspecified atom stereocenters. The zero-order valence-corrected chi connectivity index (χ0v) is 15.6. The molecule has 1 aliphatic rings. The van der Waals surface area contributed by atoms with Gasteiger partial charge < -0.3 is 15.1 Å². The lowest BCUT2D eigenvalue weighted by Crippen LogP contribution is -2.43. The van der Waals surface area contributed by atoms with Crippen LogP contribution in [0.5, 0.6) is 0 Å². The Balaban J connectivity index is 1.64. The quantitative estimate of drug-likeness (QED) is 0.841. The molecule has 0 aliphatic carbocycles. The van der Waals surface area contributed by atoms with Crippen LogP contribution in [-0.2, 0) is 11.4 Å². The van der Waals surface area contributed by atoms with Gasteiger partial charge in [0.2, 0.25) is 0 Å². The van der Waals surface area contributed by atoms with Crippen LogP contribution in [0, 0.1) is 12.7 Å². The van der Waals surface area contributed by atoms with Crippen LogP contribution in [0.15, 0.2) is 53.7 Å². The summed E-state index contributed by atoms with van der Waals surface area (Å²) in [5.41, 5.74) is 3.97. The average Bonchev–Trinajstić information content (AvgIpc) is 3.12. The third-order valence-electron chi connectivity index (χ3n) is 4.44. The second-order valence-corrected chi connectivity index (χ2v) is 6.68. The fourth-order valence-corrected chi connectivity index (χ4v) is 2.98. The molecule has 142 valence electrons. The van der Waals surface area contributed by atoms with Crippen molar-refractivity contribution in [2.45, 2.75) is 32.9 Å².